The first-order chi connectivity index (χ1) is 8.74. The zero-order valence-corrected chi connectivity index (χ0v) is 10.8. The van der Waals surface area contributed by atoms with Gasteiger partial charge in [-0.25, -0.2) is 4.98 Å². The Bertz CT molecular complexity index is 571. The van der Waals surface area contributed by atoms with Gasteiger partial charge in [0.25, 0.3) is 0 Å². The summed E-state index contributed by atoms with van der Waals surface area (Å²) < 4.78 is 0. The molecule has 2 nitrogen and oxygen atoms in total. The minimum absolute atomic E-state index is 0.295. The standard InChI is InChI=1S/C16H19NO/c1-11-16(18)10-14-9-13(7-8-15(14)17-11)12-5-3-2-4-6-12/h7-10,12,18H,2-6H2,1H3. The number of pyridine rings is 1. The number of aryl methyl sites for hydroxylation is 1. The summed E-state index contributed by atoms with van der Waals surface area (Å²) >= 11 is 0. The Labute approximate surface area is 108 Å². The third kappa shape index (κ3) is 2.07. The summed E-state index contributed by atoms with van der Waals surface area (Å²) in [5.74, 6) is 0.995. The normalized spacial score (nSPS) is 17.2. The van der Waals surface area contributed by atoms with Crippen LogP contribution in [0.5, 0.6) is 5.75 Å². The van der Waals surface area contributed by atoms with Crippen molar-refractivity contribution >= 4 is 10.9 Å². The molecule has 2 aromatic rings. The first-order valence-electron chi connectivity index (χ1n) is 6.84. The molecule has 18 heavy (non-hydrogen) atoms. The highest BCUT2D eigenvalue weighted by Crippen LogP contribution is 2.34. The van der Waals surface area contributed by atoms with Gasteiger partial charge in [-0.2, -0.15) is 0 Å². The van der Waals surface area contributed by atoms with Gasteiger partial charge in [0.2, 0.25) is 0 Å². The van der Waals surface area contributed by atoms with Crippen molar-refractivity contribution < 1.29 is 5.11 Å². The highest BCUT2D eigenvalue weighted by molar-refractivity contribution is 5.81. The van der Waals surface area contributed by atoms with E-state index in [0.29, 0.717) is 17.4 Å². The molecule has 0 amide bonds. The van der Waals surface area contributed by atoms with Gasteiger partial charge in [-0.15, -0.1) is 0 Å². The van der Waals surface area contributed by atoms with E-state index in [4.69, 9.17) is 0 Å². The number of aromatic hydroxyl groups is 1. The lowest BCUT2D eigenvalue weighted by atomic mass is 9.84. The smallest absolute Gasteiger partial charge is 0.137 e. The zero-order chi connectivity index (χ0) is 12.5. The molecule has 1 aliphatic carbocycles. The number of hydrogen-bond donors (Lipinski definition) is 1. The number of hydrogen-bond acceptors (Lipinski definition) is 2. The molecule has 0 aliphatic heterocycles. The van der Waals surface area contributed by atoms with Crippen LogP contribution in [0.3, 0.4) is 0 Å². The number of aromatic nitrogens is 1. The third-order valence-electron chi connectivity index (χ3n) is 4.08. The maximum atomic E-state index is 9.76. The molecular formula is C16H19NO. The molecule has 2 heteroatoms. The van der Waals surface area contributed by atoms with Crippen LogP contribution in [0.1, 0.15) is 49.3 Å². The van der Waals surface area contributed by atoms with E-state index in [-0.39, 0.29) is 0 Å². The largest absolute Gasteiger partial charge is 0.506 e. The molecule has 1 heterocycles. The van der Waals surface area contributed by atoms with Crippen LogP contribution in [0.4, 0.5) is 0 Å². The van der Waals surface area contributed by atoms with E-state index < -0.39 is 0 Å². The van der Waals surface area contributed by atoms with Crippen molar-refractivity contribution in [2.24, 2.45) is 0 Å². The molecule has 0 unspecified atom stereocenters. The highest BCUT2D eigenvalue weighted by Gasteiger charge is 2.15. The van der Waals surface area contributed by atoms with E-state index in [9.17, 15) is 5.11 Å². The molecule has 1 aromatic carbocycles. The maximum Gasteiger partial charge on any atom is 0.137 e. The third-order valence-corrected chi connectivity index (χ3v) is 4.08. The summed E-state index contributed by atoms with van der Waals surface area (Å²) in [4.78, 5) is 4.41. The average molecular weight is 241 g/mol. The Balaban J connectivity index is 2.02. The molecule has 1 fully saturated rings. The minimum Gasteiger partial charge on any atom is -0.506 e. The van der Waals surface area contributed by atoms with Crippen molar-refractivity contribution in [1.29, 1.82) is 0 Å². The van der Waals surface area contributed by atoms with Crippen LogP contribution in [0, 0.1) is 6.92 Å². The van der Waals surface area contributed by atoms with Crippen LogP contribution in [-0.2, 0) is 0 Å². The summed E-state index contributed by atoms with van der Waals surface area (Å²) in [5, 5.41) is 10.8. The molecule has 0 atom stereocenters. The predicted molar refractivity (Wildman–Crippen MR) is 74.0 cm³/mol. The summed E-state index contributed by atoms with van der Waals surface area (Å²) in [6, 6.07) is 8.34. The van der Waals surface area contributed by atoms with E-state index in [0.717, 1.165) is 10.9 Å². The summed E-state index contributed by atoms with van der Waals surface area (Å²) in [5.41, 5.74) is 3.09. The van der Waals surface area contributed by atoms with E-state index >= 15 is 0 Å². The van der Waals surface area contributed by atoms with Crippen molar-refractivity contribution in [3.8, 4) is 5.75 Å². The van der Waals surface area contributed by atoms with E-state index in [1.54, 1.807) is 0 Å². The van der Waals surface area contributed by atoms with Gasteiger partial charge in [0.1, 0.15) is 5.75 Å². The number of nitrogens with zero attached hydrogens (tertiary/aromatic N) is 1. The second kappa shape index (κ2) is 4.60. The van der Waals surface area contributed by atoms with Gasteiger partial charge in [0.05, 0.1) is 11.2 Å². The molecule has 0 radical (unpaired) electrons. The minimum atomic E-state index is 0.295. The van der Waals surface area contributed by atoms with Gasteiger partial charge in [0, 0.05) is 5.39 Å². The fraction of sp³-hybridized carbons (Fsp3) is 0.438. The molecule has 94 valence electrons. The fourth-order valence-electron chi connectivity index (χ4n) is 2.97. The first-order valence-corrected chi connectivity index (χ1v) is 6.84. The van der Waals surface area contributed by atoms with Gasteiger partial charge in [-0.3, -0.25) is 0 Å². The molecule has 3 rings (SSSR count). The van der Waals surface area contributed by atoms with Crippen molar-refractivity contribution in [1.82, 2.24) is 4.98 Å². The molecule has 1 saturated carbocycles. The monoisotopic (exact) mass is 241 g/mol. The van der Waals surface area contributed by atoms with E-state index in [1.807, 2.05) is 13.0 Å². The quantitative estimate of drug-likeness (QED) is 0.807. The summed E-state index contributed by atoms with van der Waals surface area (Å²) in [7, 11) is 0. The molecule has 1 aliphatic rings. The van der Waals surface area contributed by atoms with E-state index in [2.05, 4.69) is 23.2 Å². The van der Waals surface area contributed by atoms with Crippen molar-refractivity contribution in [3.63, 3.8) is 0 Å². The molecule has 1 N–H and O–H groups in total. The lowest BCUT2D eigenvalue weighted by molar-refractivity contribution is 0.444. The Kier molecular flexibility index (Phi) is 2.94. The van der Waals surface area contributed by atoms with Crippen LogP contribution in [0.15, 0.2) is 24.3 Å². The van der Waals surface area contributed by atoms with Gasteiger partial charge < -0.3 is 5.11 Å². The Morgan fingerprint density at radius 3 is 2.67 bits per heavy atom. The van der Waals surface area contributed by atoms with Crippen LogP contribution < -0.4 is 0 Å². The van der Waals surface area contributed by atoms with Gasteiger partial charge in [-0.05, 0) is 49.4 Å². The lowest BCUT2D eigenvalue weighted by Gasteiger charge is -2.22. The first kappa shape index (κ1) is 11.5. The Morgan fingerprint density at radius 2 is 1.89 bits per heavy atom. The average Bonchev–Trinajstić information content (AvgIpc) is 2.41. The van der Waals surface area contributed by atoms with Crippen molar-refractivity contribution in [2.45, 2.75) is 44.9 Å². The van der Waals surface area contributed by atoms with Crippen LogP contribution in [-0.4, -0.2) is 10.1 Å². The van der Waals surface area contributed by atoms with Gasteiger partial charge in [-0.1, -0.05) is 25.3 Å². The highest BCUT2D eigenvalue weighted by atomic mass is 16.3. The van der Waals surface area contributed by atoms with E-state index in [1.165, 1.54) is 37.7 Å². The van der Waals surface area contributed by atoms with Crippen molar-refractivity contribution in [2.75, 3.05) is 0 Å². The molecule has 0 spiro atoms. The number of benzene rings is 1. The SMILES string of the molecule is Cc1nc2ccc(C3CCCCC3)cc2cc1O. The molecular weight excluding hydrogens is 222 g/mol. The van der Waals surface area contributed by atoms with Crippen LogP contribution in [0.2, 0.25) is 0 Å². The fourth-order valence-corrected chi connectivity index (χ4v) is 2.97. The van der Waals surface area contributed by atoms with Gasteiger partial charge >= 0.3 is 0 Å². The van der Waals surface area contributed by atoms with Crippen LogP contribution >= 0.6 is 0 Å². The molecule has 0 saturated heterocycles. The number of rotatable bonds is 1. The van der Waals surface area contributed by atoms with Gasteiger partial charge in [0.15, 0.2) is 0 Å². The predicted octanol–water partition coefficient (Wildman–Crippen LogP) is 4.30. The maximum absolute atomic E-state index is 9.76. The van der Waals surface area contributed by atoms with Crippen LogP contribution in [0.25, 0.3) is 10.9 Å². The second-order valence-electron chi connectivity index (χ2n) is 5.38. The summed E-state index contributed by atoms with van der Waals surface area (Å²) in [6.45, 7) is 1.84. The second-order valence-corrected chi connectivity index (χ2v) is 5.38. The Hall–Kier alpha value is -1.57. The topological polar surface area (TPSA) is 33.1 Å². The lowest BCUT2D eigenvalue weighted by Crippen LogP contribution is -2.04. The molecule has 1 aromatic heterocycles. The zero-order valence-electron chi connectivity index (χ0n) is 10.8. The molecule has 0 bridgehead atoms. The summed E-state index contributed by atoms with van der Waals surface area (Å²) in [6.07, 6.45) is 6.68. The van der Waals surface area contributed by atoms with Crippen molar-refractivity contribution in [3.05, 3.63) is 35.5 Å². The number of fused-ring (bicyclic) bond motifs is 1. The Morgan fingerprint density at radius 1 is 1.11 bits per heavy atom.